The zero-order valence-corrected chi connectivity index (χ0v) is 13.9. The maximum absolute atomic E-state index is 12.4. The summed E-state index contributed by atoms with van der Waals surface area (Å²) >= 11 is 0. The van der Waals surface area contributed by atoms with Gasteiger partial charge in [0, 0.05) is 30.0 Å². The molecule has 132 valence electrons. The molecule has 2 aromatic carbocycles. The molecule has 0 saturated carbocycles. The first kappa shape index (κ1) is 16.1. The van der Waals surface area contributed by atoms with E-state index in [1.54, 1.807) is 41.3 Å². The van der Waals surface area contributed by atoms with Gasteiger partial charge in [0.15, 0.2) is 0 Å². The number of amides is 3. The predicted molar refractivity (Wildman–Crippen MR) is 95.0 cm³/mol. The number of hydrogen-bond acceptors (Lipinski definition) is 4. The number of hydrogen-bond donors (Lipinski definition) is 2. The molecule has 2 N–H and O–H groups in total. The maximum atomic E-state index is 12.4. The minimum absolute atomic E-state index is 0.0389. The molecule has 2 heterocycles. The second-order valence-electron chi connectivity index (χ2n) is 6.17. The van der Waals surface area contributed by atoms with Gasteiger partial charge in [-0.2, -0.15) is 0 Å². The number of benzene rings is 2. The fourth-order valence-corrected chi connectivity index (χ4v) is 3.22. The van der Waals surface area contributed by atoms with Gasteiger partial charge in [0.2, 0.25) is 5.91 Å². The predicted octanol–water partition coefficient (Wildman–Crippen LogP) is 2.46. The zero-order valence-electron chi connectivity index (χ0n) is 13.9. The summed E-state index contributed by atoms with van der Waals surface area (Å²) in [6.07, 6.45) is -0.539. The Hall–Kier alpha value is -3.35. The van der Waals surface area contributed by atoms with Gasteiger partial charge in [-0.15, -0.1) is 0 Å². The zero-order chi connectivity index (χ0) is 18.1. The molecule has 0 spiro atoms. The van der Waals surface area contributed by atoms with Crippen LogP contribution in [0.1, 0.15) is 28.4 Å². The maximum Gasteiger partial charge on any atom is 0.339 e. The van der Waals surface area contributed by atoms with Crippen LogP contribution in [-0.4, -0.2) is 31.0 Å². The quantitative estimate of drug-likeness (QED) is 0.829. The van der Waals surface area contributed by atoms with Crippen LogP contribution in [0, 0.1) is 0 Å². The molecule has 0 aromatic heterocycles. The topological polar surface area (TPSA) is 87.7 Å². The van der Waals surface area contributed by atoms with Crippen LogP contribution < -0.4 is 15.5 Å². The van der Waals surface area contributed by atoms with Crippen molar-refractivity contribution in [3.05, 3.63) is 59.7 Å². The first-order chi connectivity index (χ1) is 12.6. The van der Waals surface area contributed by atoms with Crippen LogP contribution in [0.3, 0.4) is 0 Å². The highest BCUT2D eigenvalue weighted by atomic mass is 16.5. The van der Waals surface area contributed by atoms with Gasteiger partial charge in [-0.3, -0.25) is 9.69 Å². The summed E-state index contributed by atoms with van der Waals surface area (Å²) in [5.74, 6) is -0.664. The van der Waals surface area contributed by atoms with Gasteiger partial charge in [-0.25, -0.2) is 9.59 Å². The van der Waals surface area contributed by atoms with Crippen LogP contribution in [0.2, 0.25) is 0 Å². The largest absolute Gasteiger partial charge is 0.453 e. The van der Waals surface area contributed by atoms with Crippen molar-refractivity contribution in [3.8, 4) is 0 Å². The van der Waals surface area contributed by atoms with Crippen LogP contribution in [0.4, 0.5) is 16.2 Å². The molecule has 0 bridgehead atoms. The van der Waals surface area contributed by atoms with E-state index in [-0.39, 0.29) is 18.4 Å². The average molecular weight is 351 g/mol. The number of carbonyl (C=O) groups is 3. The van der Waals surface area contributed by atoms with Gasteiger partial charge >= 0.3 is 12.0 Å². The average Bonchev–Trinajstić information content (AvgIpc) is 3.19. The first-order valence-corrected chi connectivity index (χ1v) is 8.37. The van der Waals surface area contributed by atoms with Crippen molar-refractivity contribution >= 4 is 29.3 Å². The van der Waals surface area contributed by atoms with Crippen molar-refractivity contribution < 1.29 is 19.1 Å². The van der Waals surface area contributed by atoms with Gasteiger partial charge in [-0.1, -0.05) is 24.3 Å². The third kappa shape index (κ3) is 2.99. The van der Waals surface area contributed by atoms with Crippen molar-refractivity contribution in [3.63, 3.8) is 0 Å². The van der Waals surface area contributed by atoms with Crippen molar-refractivity contribution in [1.29, 1.82) is 0 Å². The number of fused-ring (bicyclic) bond motifs is 1. The molecule has 0 radical (unpaired) electrons. The van der Waals surface area contributed by atoms with Gasteiger partial charge in [-0.05, 0) is 24.3 Å². The van der Waals surface area contributed by atoms with E-state index >= 15 is 0 Å². The number of anilines is 2. The summed E-state index contributed by atoms with van der Waals surface area (Å²) in [5, 5.41) is 5.55. The molecule has 1 fully saturated rings. The van der Waals surface area contributed by atoms with Crippen molar-refractivity contribution in [2.75, 3.05) is 23.3 Å². The fraction of sp³-hybridized carbons (Fsp3) is 0.211. The van der Waals surface area contributed by atoms with Gasteiger partial charge in [0.1, 0.15) is 6.10 Å². The number of nitrogens with one attached hydrogen (secondary N) is 2. The van der Waals surface area contributed by atoms with Crippen LogP contribution >= 0.6 is 0 Å². The number of nitrogens with zero attached hydrogens (tertiary/aromatic N) is 1. The lowest BCUT2D eigenvalue weighted by Gasteiger charge is -2.16. The van der Waals surface area contributed by atoms with E-state index in [2.05, 4.69) is 10.6 Å². The van der Waals surface area contributed by atoms with Gasteiger partial charge in [0.25, 0.3) is 0 Å². The molecule has 7 heteroatoms. The fourth-order valence-electron chi connectivity index (χ4n) is 3.22. The van der Waals surface area contributed by atoms with E-state index in [0.717, 1.165) is 11.3 Å². The smallest absolute Gasteiger partial charge is 0.339 e. The van der Waals surface area contributed by atoms with Gasteiger partial charge in [0.05, 0.1) is 12.0 Å². The molecule has 2 aromatic rings. The minimum Gasteiger partial charge on any atom is -0.453 e. The second kappa shape index (κ2) is 6.51. The number of carbonyl (C=O) groups excluding carboxylic acids is 3. The molecule has 2 aliphatic heterocycles. The van der Waals surface area contributed by atoms with E-state index < -0.39 is 12.1 Å². The van der Waals surface area contributed by atoms with Gasteiger partial charge < -0.3 is 15.4 Å². The van der Waals surface area contributed by atoms with E-state index in [1.165, 1.54) is 0 Å². The van der Waals surface area contributed by atoms with Crippen molar-refractivity contribution in [2.24, 2.45) is 0 Å². The Kier molecular flexibility index (Phi) is 4.04. The summed E-state index contributed by atoms with van der Waals surface area (Å²) in [6.45, 7) is 1.19. The Labute approximate surface area is 149 Å². The molecular formula is C19H17N3O4. The normalized spacial score (nSPS) is 18.3. The van der Waals surface area contributed by atoms with Crippen LogP contribution in [0.5, 0.6) is 0 Å². The summed E-state index contributed by atoms with van der Waals surface area (Å²) in [7, 11) is 0. The Bertz CT molecular complexity index is 896. The second-order valence-corrected chi connectivity index (χ2v) is 6.17. The Morgan fingerprint density at radius 3 is 2.85 bits per heavy atom. The molecule has 3 amide bonds. The molecule has 7 nitrogen and oxygen atoms in total. The monoisotopic (exact) mass is 351 g/mol. The number of cyclic esters (lactones) is 1. The lowest BCUT2D eigenvalue weighted by molar-refractivity contribution is -0.118. The summed E-state index contributed by atoms with van der Waals surface area (Å²) in [6, 6.07) is 14.0. The first-order valence-electron chi connectivity index (χ1n) is 8.37. The molecule has 1 unspecified atom stereocenters. The van der Waals surface area contributed by atoms with Crippen LogP contribution in [-0.2, 0) is 9.53 Å². The summed E-state index contributed by atoms with van der Waals surface area (Å²) < 4.78 is 5.30. The SMILES string of the molecule is O=C(CC1OC(=O)c2ccccc21)Nc1cccc(N2CCNC2=O)c1. The van der Waals surface area contributed by atoms with E-state index in [4.69, 9.17) is 4.74 Å². The molecule has 2 aliphatic rings. The minimum atomic E-state index is -0.578. The molecule has 26 heavy (non-hydrogen) atoms. The van der Waals surface area contributed by atoms with Crippen molar-refractivity contribution in [1.82, 2.24) is 5.32 Å². The number of urea groups is 1. The molecule has 0 aliphatic carbocycles. The van der Waals surface area contributed by atoms with E-state index in [9.17, 15) is 14.4 Å². The number of ether oxygens (including phenoxy) is 1. The standard InChI is InChI=1S/C19H17N3O4/c23-17(11-16-14-6-1-2-7-15(14)18(24)26-16)21-12-4-3-5-13(10-12)22-9-8-20-19(22)25/h1-7,10,16H,8-9,11H2,(H,20,25)(H,21,23). The van der Waals surface area contributed by atoms with E-state index in [1.807, 2.05) is 12.1 Å². The highest BCUT2D eigenvalue weighted by Gasteiger charge is 2.32. The number of rotatable bonds is 4. The Balaban J connectivity index is 1.44. The van der Waals surface area contributed by atoms with Crippen LogP contribution in [0.25, 0.3) is 0 Å². The summed E-state index contributed by atoms with van der Waals surface area (Å²) in [5.41, 5.74) is 2.54. The lowest BCUT2D eigenvalue weighted by atomic mass is 10.0. The van der Waals surface area contributed by atoms with E-state index in [0.29, 0.717) is 24.3 Å². The molecule has 4 rings (SSSR count). The van der Waals surface area contributed by atoms with Crippen molar-refractivity contribution in [2.45, 2.75) is 12.5 Å². The molecular weight excluding hydrogens is 334 g/mol. The summed E-state index contributed by atoms with van der Waals surface area (Å²) in [4.78, 5) is 37.6. The Morgan fingerprint density at radius 1 is 1.19 bits per heavy atom. The third-order valence-corrected chi connectivity index (χ3v) is 4.45. The Morgan fingerprint density at radius 2 is 2.04 bits per heavy atom. The number of esters is 1. The highest BCUT2D eigenvalue weighted by molar-refractivity contribution is 5.97. The molecule has 1 saturated heterocycles. The highest BCUT2D eigenvalue weighted by Crippen LogP contribution is 2.33. The third-order valence-electron chi connectivity index (χ3n) is 4.45. The molecule has 1 atom stereocenters. The lowest BCUT2D eigenvalue weighted by Crippen LogP contribution is -2.27. The van der Waals surface area contributed by atoms with Crippen LogP contribution in [0.15, 0.2) is 48.5 Å².